The predicted molar refractivity (Wildman–Crippen MR) is 47.8 cm³/mol. The minimum absolute atomic E-state index is 0.374. The van der Waals surface area contributed by atoms with Crippen LogP contribution in [0.1, 0.15) is 25.3 Å². The number of nitrogens with two attached hydrogens (primary N) is 1. The smallest absolute Gasteiger partial charge is 0.0937 e. The van der Waals surface area contributed by atoms with Gasteiger partial charge >= 0.3 is 0 Å². The Kier molecular flexibility index (Phi) is 1.55. The molecule has 0 aromatic carbocycles. The first kappa shape index (κ1) is 7.87. The fourth-order valence-corrected chi connectivity index (χ4v) is 2.30. The van der Waals surface area contributed by atoms with E-state index >= 15 is 0 Å². The third kappa shape index (κ3) is 0.911. The lowest BCUT2D eigenvalue weighted by Gasteiger charge is -1.98. The Hall–Kier alpha value is -0.760. The third-order valence-electron chi connectivity index (χ3n) is 3.21. The van der Waals surface area contributed by atoms with Gasteiger partial charge in [-0.2, -0.15) is 0 Å². The Bertz CT molecular complexity index is 263. The van der Waals surface area contributed by atoms with Crippen LogP contribution >= 0.6 is 0 Å². The highest BCUT2D eigenvalue weighted by Gasteiger charge is 2.57. The van der Waals surface area contributed by atoms with E-state index in [1.807, 2.05) is 12.3 Å². The van der Waals surface area contributed by atoms with E-state index in [-0.39, 0.29) is 0 Å². The summed E-state index contributed by atoms with van der Waals surface area (Å²) >= 11 is 0. The average molecular weight is 165 g/mol. The molecule has 0 radical (unpaired) electrons. The van der Waals surface area contributed by atoms with E-state index in [4.69, 9.17) is 10.2 Å². The van der Waals surface area contributed by atoms with Crippen molar-refractivity contribution in [3.63, 3.8) is 0 Å². The van der Waals surface area contributed by atoms with Gasteiger partial charge in [-0.15, -0.1) is 0 Å². The lowest BCUT2D eigenvalue weighted by Crippen LogP contribution is -2.05. The van der Waals surface area contributed by atoms with E-state index in [1.54, 1.807) is 6.26 Å². The van der Waals surface area contributed by atoms with Crippen molar-refractivity contribution < 1.29 is 4.42 Å². The fraction of sp³-hybridized carbons (Fsp3) is 0.600. The fourth-order valence-electron chi connectivity index (χ4n) is 2.30. The minimum atomic E-state index is 0.374. The van der Waals surface area contributed by atoms with Gasteiger partial charge in [0.05, 0.1) is 12.5 Å². The molecule has 1 heterocycles. The van der Waals surface area contributed by atoms with Crippen LogP contribution in [0.3, 0.4) is 0 Å². The largest absolute Gasteiger partial charge is 0.472 e. The molecule has 0 amide bonds. The molecule has 2 atom stereocenters. The third-order valence-corrected chi connectivity index (χ3v) is 3.21. The van der Waals surface area contributed by atoms with Gasteiger partial charge in [0.1, 0.15) is 0 Å². The maximum Gasteiger partial charge on any atom is 0.0937 e. The Labute approximate surface area is 72.7 Å². The molecule has 1 saturated carbocycles. The number of hydrogen-bond donors (Lipinski definition) is 1. The van der Waals surface area contributed by atoms with E-state index in [0.29, 0.717) is 17.3 Å². The maximum atomic E-state index is 5.68. The molecule has 1 aliphatic carbocycles. The van der Waals surface area contributed by atoms with Crippen LogP contribution < -0.4 is 5.73 Å². The summed E-state index contributed by atoms with van der Waals surface area (Å²) < 4.78 is 5.06. The highest BCUT2D eigenvalue weighted by molar-refractivity contribution is 5.28. The van der Waals surface area contributed by atoms with Crippen molar-refractivity contribution in [2.75, 3.05) is 6.54 Å². The highest BCUT2D eigenvalue weighted by atomic mass is 16.3. The molecule has 2 N–H and O–H groups in total. The van der Waals surface area contributed by atoms with Gasteiger partial charge in [-0.3, -0.25) is 0 Å². The molecule has 2 nitrogen and oxygen atoms in total. The van der Waals surface area contributed by atoms with Gasteiger partial charge in [-0.05, 0) is 35.4 Å². The van der Waals surface area contributed by atoms with Crippen LogP contribution in [0.25, 0.3) is 0 Å². The van der Waals surface area contributed by atoms with Gasteiger partial charge in [-0.1, -0.05) is 13.8 Å². The van der Waals surface area contributed by atoms with Crippen LogP contribution in [0, 0.1) is 11.3 Å². The summed E-state index contributed by atoms with van der Waals surface area (Å²) in [6.07, 6.45) is 3.57. The van der Waals surface area contributed by atoms with Crippen molar-refractivity contribution in [2.45, 2.75) is 19.8 Å². The van der Waals surface area contributed by atoms with Crippen molar-refractivity contribution in [3.8, 4) is 0 Å². The summed E-state index contributed by atoms with van der Waals surface area (Å²) in [6.45, 7) is 5.31. The molecule has 12 heavy (non-hydrogen) atoms. The summed E-state index contributed by atoms with van der Waals surface area (Å²) in [5, 5.41) is 0. The Balaban J connectivity index is 2.19. The van der Waals surface area contributed by atoms with Gasteiger partial charge in [-0.25, -0.2) is 0 Å². The minimum Gasteiger partial charge on any atom is -0.472 e. The van der Waals surface area contributed by atoms with E-state index in [0.717, 1.165) is 6.54 Å². The van der Waals surface area contributed by atoms with Crippen molar-refractivity contribution >= 4 is 0 Å². The van der Waals surface area contributed by atoms with E-state index < -0.39 is 0 Å². The van der Waals surface area contributed by atoms with E-state index in [1.165, 1.54) is 5.56 Å². The highest BCUT2D eigenvalue weighted by Crippen LogP contribution is 2.63. The molecular formula is C10H15NO. The molecule has 0 aliphatic heterocycles. The topological polar surface area (TPSA) is 39.2 Å². The molecule has 66 valence electrons. The van der Waals surface area contributed by atoms with Gasteiger partial charge < -0.3 is 10.2 Å². The van der Waals surface area contributed by atoms with Crippen molar-refractivity contribution in [1.29, 1.82) is 0 Å². The molecular weight excluding hydrogens is 150 g/mol. The standard InChI is InChI=1S/C10H15NO/c1-10(2)8(5-11)9(10)7-3-4-12-6-7/h3-4,6,8-9H,5,11H2,1-2H3. The summed E-state index contributed by atoms with van der Waals surface area (Å²) in [6, 6.07) is 2.04. The zero-order chi connectivity index (χ0) is 8.77. The van der Waals surface area contributed by atoms with Crippen molar-refractivity contribution in [2.24, 2.45) is 17.1 Å². The van der Waals surface area contributed by atoms with Crippen molar-refractivity contribution in [1.82, 2.24) is 0 Å². The van der Waals surface area contributed by atoms with Gasteiger partial charge in [0, 0.05) is 0 Å². The average Bonchev–Trinajstić information content (AvgIpc) is 2.50. The second-order valence-corrected chi connectivity index (χ2v) is 4.20. The summed E-state index contributed by atoms with van der Waals surface area (Å²) in [7, 11) is 0. The first-order chi connectivity index (χ1) is 5.68. The second kappa shape index (κ2) is 2.36. The molecule has 2 unspecified atom stereocenters. The number of hydrogen-bond acceptors (Lipinski definition) is 2. The van der Waals surface area contributed by atoms with Crippen LogP contribution in [-0.4, -0.2) is 6.54 Å². The lowest BCUT2D eigenvalue weighted by atomic mass is 10.1. The molecule has 1 aromatic rings. The molecule has 0 spiro atoms. The second-order valence-electron chi connectivity index (χ2n) is 4.20. The van der Waals surface area contributed by atoms with Gasteiger partial charge in [0.2, 0.25) is 0 Å². The SMILES string of the molecule is CC1(C)C(CN)C1c1ccoc1. The Morgan fingerprint density at radius 3 is 2.75 bits per heavy atom. The van der Waals surface area contributed by atoms with Crippen LogP contribution in [-0.2, 0) is 0 Å². The van der Waals surface area contributed by atoms with Crippen molar-refractivity contribution in [3.05, 3.63) is 24.2 Å². The van der Waals surface area contributed by atoms with E-state index in [2.05, 4.69) is 13.8 Å². The van der Waals surface area contributed by atoms with Crippen LogP contribution in [0.2, 0.25) is 0 Å². The first-order valence-electron chi connectivity index (χ1n) is 4.40. The molecule has 1 aromatic heterocycles. The number of furan rings is 1. The number of rotatable bonds is 2. The molecule has 2 rings (SSSR count). The quantitative estimate of drug-likeness (QED) is 0.727. The molecule has 1 aliphatic rings. The maximum absolute atomic E-state index is 5.68. The Morgan fingerprint density at radius 2 is 2.33 bits per heavy atom. The summed E-state index contributed by atoms with van der Waals surface area (Å²) in [4.78, 5) is 0. The first-order valence-corrected chi connectivity index (χ1v) is 4.40. The normalized spacial score (nSPS) is 31.9. The summed E-state index contributed by atoms with van der Waals surface area (Å²) in [5.41, 5.74) is 7.35. The molecule has 0 bridgehead atoms. The van der Waals surface area contributed by atoms with Gasteiger partial charge in [0.15, 0.2) is 0 Å². The van der Waals surface area contributed by atoms with E-state index in [9.17, 15) is 0 Å². The summed E-state index contributed by atoms with van der Waals surface area (Å²) in [5.74, 6) is 1.25. The van der Waals surface area contributed by atoms with Crippen LogP contribution in [0.15, 0.2) is 23.0 Å². The van der Waals surface area contributed by atoms with Gasteiger partial charge in [0.25, 0.3) is 0 Å². The molecule has 2 heteroatoms. The Morgan fingerprint density at radius 1 is 1.58 bits per heavy atom. The predicted octanol–water partition coefficient (Wildman–Crippen LogP) is 1.98. The zero-order valence-corrected chi connectivity index (χ0v) is 7.58. The molecule has 0 saturated heterocycles. The van der Waals surface area contributed by atoms with Crippen LogP contribution in [0.5, 0.6) is 0 Å². The van der Waals surface area contributed by atoms with Crippen LogP contribution in [0.4, 0.5) is 0 Å². The molecule has 1 fully saturated rings. The zero-order valence-electron chi connectivity index (χ0n) is 7.58. The lowest BCUT2D eigenvalue weighted by molar-refractivity contribution is 0.550. The monoisotopic (exact) mass is 165 g/mol.